The molecule has 0 bridgehead atoms. The van der Waals surface area contributed by atoms with Gasteiger partial charge in [0, 0.05) is 11.4 Å². The number of hydrogen-bond donors (Lipinski definition) is 1. The molecular weight excluding hydrogens is 217 g/mol. The van der Waals surface area contributed by atoms with Gasteiger partial charge in [0.05, 0.1) is 5.69 Å². The molecule has 2 aromatic rings. The van der Waals surface area contributed by atoms with Crippen molar-refractivity contribution in [3.63, 3.8) is 0 Å². The molecule has 0 unspecified atom stereocenters. The van der Waals surface area contributed by atoms with E-state index in [1.807, 2.05) is 13.0 Å². The third-order valence-corrected chi connectivity index (χ3v) is 2.59. The maximum atomic E-state index is 13.0. The third kappa shape index (κ3) is 3.00. The highest BCUT2D eigenvalue weighted by Crippen LogP contribution is 2.14. The van der Waals surface area contributed by atoms with E-state index in [4.69, 9.17) is 5.73 Å². The highest BCUT2D eigenvalue weighted by atomic mass is 19.1. The van der Waals surface area contributed by atoms with Crippen molar-refractivity contribution in [2.75, 3.05) is 5.73 Å². The molecule has 1 heterocycles. The first-order chi connectivity index (χ1) is 8.15. The molecule has 2 rings (SSSR count). The number of nitrogens with zero attached hydrogens (tertiary/aromatic N) is 2. The van der Waals surface area contributed by atoms with E-state index in [9.17, 15) is 4.39 Å². The van der Waals surface area contributed by atoms with E-state index in [1.165, 1.54) is 6.07 Å². The molecule has 0 aliphatic carbocycles. The van der Waals surface area contributed by atoms with E-state index < -0.39 is 0 Å². The lowest BCUT2D eigenvalue weighted by molar-refractivity contribution is 0.631. The predicted octanol–water partition coefficient (Wildman–Crippen LogP) is 2.29. The summed E-state index contributed by atoms with van der Waals surface area (Å²) in [5, 5.41) is 0. The quantitative estimate of drug-likeness (QED) is 0.824. The Kier molecular flexibility index (Phi) is 3.32. The van der Waals surface area contributed by atoms with Crippen molar-refractivity contribution in [1.82, 2.24) is 9.97 Å². The maximum Gasteiger partial charge on any atom is 0.146 e. The number of aryl methyl sites for hydroxylation is 3. The van der Waals surface area contributed by atoms with Crippen molar-refractivity contribution in [3.05, 3.63) is 53.4 Å². The van der Waals surface area contributed by atoms with Crippen LogP contribution in [0.4, 0.5) is 10.1 Å². The Morgan fingerprint density at radius 3 is 2.71 bits per heavy atom. The Balaban J connectivity index is 2.05. The Hall–Kier alpha value is -1.97. The van der Waals surface area contributed by atoms with Crippen molar-refractivity contribution < 1.29 is 4.39 Å². The molecule has 4 heteroatoms. The summed E-state index contributed by atoms with van der Waals surface area (Å²) >= 11 is 0. The van der Waals surface area contributed by atoms with Crippen LogP contribution in [0.3, 0.4) is 0 Å². The lowest BCUT2D eigenvalue weighted by Gasteiger charge is -2.04. The number of nitrogen functional groups attached to an aromatic ring is 1. The summed E-state index contributed by atoms with van der Waals surface area (Å²) in [6, 6.07) is 6.77. The number of benzene rings is 1. The SMILES string of the molecule is Cc1cc(CCc2ccc(F)c(N)c2)ncn1. The van der Waals surface area contributed by atoms with E-state index in [0.29, 0.717) is 0 Å². The van der Waals surface area contributed by atoms with Crippen LogP contribution in [0, 0.1) is 12.7 Å². The van der Waals surface area contributed by atoms with Crippen LogP contribution >= 0.6 is 0 Å². The summed E-state index contributed by atoms with van der Waals surface area (Å²) < 4.78 is 13.0. The first kappa shape index (κ1) is 11.5. The normalized spacial score (nSPS) is 10.5. The lowest BCUT2D eigenvalue weighted by Crippen LogP contribution is -1.98. The van der Waals surface area contributed by atoms with Gasteiger partial charge in [0.2, 0.25) is 0 Å². The molecule has 0 amide bonds. The van der Waals surface area contributed by atoms with Crippen LogP contribution in [0.5, 0.6) is 0 Å². The van der Waals surface area contributed by atoms with E-state index in [-0.39, 0.29) is 11.5 Å². The highest BCUT2D eigenvalue weighted by Gasteiger charge is 2.01. The first-order valence-electron chi connectivity index (χ1n) is 5.46. The molecule has 3 nitrogen and oxygen atoms in total. The monoisotopic (exact) mass is 231 g/mol. The van der Waals surface area contributed by atoms with Crippen LogP contribution in [0.15, 0.2) is 30.6 Å². The van der Waals surface area contributed by atoms with E-state index >= 15 is 0 Å². The van der Waals surface area contributed by atoms with Crippen LogP contribution in [-0.2, 0) is 12.8 Å². The van der Waals surface area contributed by atoms with Gasteiger partial charge in [0.15, 0.2) is 0 Å². The molecule has 0 saturated heterocycles. The number of nitrogens with two attached hydrogens (primary N) is 1. The number of aromatic nitrogens is 2. The van der Waals surface area contributed by atoms with Gasteiger partial charge in [-0.05, 0) is 43.5 Å². The smallest absolute Gasteiger partial charge is 0.146 e. The summed E-state index contributed by atoms with van der Waals surface area (Å²) in [4.78, 5) is 8.22. The predicted molar refractivity (Wildman–Crippen MR) is 65.0 cm³/mol. The Morgan fingerprint density at radius 2 is 2.00 bits per heavy atom. The van der Waals surface area contributed by atoms with Gasteiger partial charge in [-0.15, -0.1) is 0 Å². The van der Waals surface area contributed by atoms with Crippen molar-refractivity contribution in [1.29, 1.82) is 0 Å². The number of hydrogen-bond acceptors (Lipinski definition) is 3. The van der Waals surface area contributed by atoms with Gasteiger partial charge in [0.25, 0.3) is 0 Å². The van der Waals surface area contributed by atoms with Crippen LogP contribution in [0.1, 0.15) is 17.0 Å². The van der Waals surface area contributed by atoms with Crippen LogP contribution < -0.4 is 5.73 Å². The fourth-order valence-corrected chi connectivity index (χ4v) is 1.67. The molecule has 0 radical (unpaired) electrons. The summed E-state index contributed by atoms with van der Waals surface area (Å²) in [7, 11) is 0. The van der Waals surface area contributed by atoms with Crippen molar-refractivity contribution in [2.24, 2.45) is 0 Å². The molecule has 17 heavy (non-hydrogen) atoms. The maximum absolute atomic E-state index is 13.0. The van der Waals surface area contributed by atoms with E-state index in [0.717, 1.165) is 29.8 Å². The topological polar surface area (TPSA) is 51.8 Å². The Morgan fingerprint density at radius 1 is 1.18 bits per heavy atom. The van der Waals surface area contributed by atoms with Crippen LogP contribution in [-0.4, -0.2) is 9.97 Å². The number of halogens is 1. The molecule has 0 fully saturated rings. The van der Waals surface area contributed by atoms with Gasteiger partial charge in [-0.1, -0.05) is 6.07 Å². The van der Waals surface area contributed by atoms with Crippen molar-refractivity contribution in [2.45, 2.75) is 19.8 Å². The molecule has 1 aromatic carbocycles. The van der Waals surface area contributed by atoms with Crippen molar-refractivity contribution >= 4 is 5.69 Å². The van der Waals surface area contributed by atoms with Gasteiger partial charge < -0.3 is 5.73 Å². The largest absolute Gasteiger partial charge is 0.396 e. The Labute approximate surface area is 99.5 Å². The zero-order valence-electron chi connectivity index (χ0n) is 9.65. The third-order valence-electron chi connectivity index (χ3n) is 2.59. The standard InChI is InChI=1S/C13H14FN3/c1-9-6-11(17-8-16-9)4-2-10-3-5-12(14)13(15)7-10/h3,5-8H,2,4,15H2,1H3. The molecule has 2 N–H and O–H groups in total. The van der Waals surface area contributed by atoms with E-state index in [2.05, 4.69) is 9.97 Å². The second kappa shape index (κ2) is 4.91. The molecule has 1 aromatic heterocycles. The average molecular weight is 231 g/mol. The molecule has 0 aliphatic rings. The van der Waals surface area contributed by atoms with E-state index in [1.54, 1.807) is 18.5 Å². The molecule has 0 saturated carbocycles. The zero-order chi connectivity index (χ0) is 12.3. The molecule has 0 aliphatic heterocycles. The minimum absolute atomic E-state index is 0.196. The minimum Gasteiger partial charge on any atom is -0.396 e. The van der Waals surface area contributed by atoms with Gasteiger partial charge >= 0.3 is 0 Å². The summed E-state index contributed by atoms with van der Waals surface area (Å²) in [6.45, 7) is 1.93. The number of anilines is 1. The fourth-order valence-electron chi connectivity index (χ4n) is 1.67. The second-order valence-corrected chi connectivity index (χ2v) is 4.01. The van der Waals surface area contributed by atoms with Gasteiger partial charge in [-0.25, -0.2) is 14.4 Å². The van der Waals surface area contributed by atoms with Crippen LogP contribution in [0.2, 0.25) is 0 Å². The first-order valence-corrected chi connectivity index (χ1v) is 5.46. The van der Waals surface area contributed by atoms with Gasteiger partial charge in [0.1, 0.15) is 12.1 Å². The lowest BCUT2D eigenvalue weighted by atomic mass is 10.1. The zero-order valence-corrected chi connectivity index (χ0v) is 9.65. The van der Waals surface area contributed by atoms with Crippen molar-refractivity contribution in [3.8, 4) is 0 Å². The summed E-state index contributed by atoms with van der Waals surface area (Å²) in [5.74, 6) is -0.369. The highest BCUT2D eigenvalue weighted by molar-refractivity contribution is 5.42. The second-order valence-electron chi connectivity index (χ2n) is 4.01. The average Bonchev–Trinajstić information content (AvgIpc) is 2.31. The molecule has 88 valence electrons. The van der Waals surface area contributed by atoms with Gasteiger partial charge in [-0.2, -0.15) is 0 Å². The molecule has 0 atom stereocenters. The summed E-state index contributed by atoms with van der Waals surface area (Å²) in [5.41, 5.74) is 8.66. The Bertz CT molecular complexity index is 526. The summed E-state index contributed by atoms with van der Waals surface area (Å²) in [6.07, 6.45) is 3.15. The molecule has 0 spiro atoms. The van der Waals surface area contributed by atoms with Gasteiger partial charge in [-0.3, -0.25) is 0 Å². The fraction of sp³-hybridized carbons (Fsp3) is 0.231. The molecular formula is C13H14FN3. The van der Waals surface area contributed by atoms with Crippen LogP contribution in [0.25, 0.3) is 0 Å². The number of rotatable bonds is 3. The minimum atomic E-state index is -0.369.